The van der Waals surface area contributed by atoms with Crippen LogP contribution in [0.15, 0.2) is 30.3 Å². The standard InChI is InChI=1S/C20H20FN3/c1-4-5-9-24-19-14(7-6-8-15(19)21)18-20(24)23-17-11-13(3)12(2)10-16(17)22-18/h6-8,10-11H,4-5,9H2,1-3H3. The van der Waals surface area contributed by atoms with Crippen molar-refractivity contribution < 1.29 is 4.39 Å². The fraction of sp³-hybridized carbons (Fsp3) is 0.300. The van der Waals surface area contributed by atoms with Gasteiger partial charge in [0.05, 0.1) is 16.6 Å². The van der Waals surface area contributed by atoms with E-state index in [1.54, 1.807) is 6.07 Å². The van der Waals surface area contributed by atoms with Crippen LogP contribution in [0.3, 0.4) is 0 Å². The van der Waals surface area contributed by atoms with Gasteiger partial charge in [0, 0.05) is 11.9 Å². The van der Waals surface area contributed by atoms with Crippen molar-refractivity contribution in [3.05, 3.63) is 47.3 Å². The number of rotatable bonds is 3. The Kier molecular flexibility index (Phi) is 3.48. The largest absolute Gasteiger partial charge is 0.321 e. The number of aryl methyl sites for hydroxylation is 3. The first kappa shape index (κ1) is 15.1. The lowest BCUT2D eigenvalue weighted by Crippen LogP contribution is -2.01. The highest BCUT2D eigenvalue weighted by Gasteiger charge is 2.17. The Morgan fingerprint density at radius 1 is 1.04 bits per heavy atom. The number of fused-ring (bicyclic) bond motifs is 4. The zero-order chi connectivity index (χ0) is 16.8. The van der Waals surface area contributed by atoms with Crippen molar-refractivity contribution in [1.82, 2.24) is 14.5 Å². The van der Waals surface area contributed by atoms with E-state index in [0.29, 0.717) is 5.52 Å². The van der Waals surface area contributed by atoms with Gasteiger partial charge in [-0.05, 0) is 49.6 Å². The molecule has 122 valence electrons. The molecule has 4 heteroatoms. The second kappa shape index (κ2) is 5.55. The van der Waals surface area contributed by atoms with Crippen molar-refractivity contribution in [3.63, 3.8) is 0 Å². The molecule has 0 amide bonds. The normalized spacial score (nSPS) is 11.8. The molecule has 0 radical (unpaired) electrons. The molecule has 0 N–H and O–H groups in total. The van der Waals surface area contributed by atoms with Crippen LogP contribution in [0.25, 0.3) is 33.1 Å². The Bertz CT molecular complexity index is 1080. The summed E-state index contributed by atoms with van der Waals surface area (Å²) < 4.78 is 16.5. The Hall–Kier alpha value is -2.49. The van der Waals surface area contributed by atoms with E-state index in [1.165, 1.54) is 17.2 Å². The van der Waals surface area contributed by atoms with E-state index in [-0.39, 0.29) is 5.82 Å². The molecule has 0 saturated carbocycles. The van der Waals surface area contributed by atoms with E-state index < -0.39 is 0 Å². The lowest BCUT2D eigenvalue weighted by molar-refractivity contribution is 0.612. The van der Waals surface area contributed by atoms with Crippen molar-refractivity contribution >= 4 is 33.1 Å². The lowest BCUT2D eigenvalue weighted by Gasteiger charge is -2.07. The van der Waals surface area contributed by atoms with Crippen LogP contribution in [-0.2, 0) is 6.54 Å². The predicted molar refractivity (Wildman–Crippen MR) is 96.9 cm³/mol. The summed E-state index contributed by atoms with van der Waals surface area (Å²) in [6.07, 6.45) is 2.04. The first-order valence-corrected chi connectivity index (χ1v) is 8.45. The Balaban J connectivity index is 2.15. The summed E-state index contributed by atoms with van der Waals surface area (Å²) in [4.78, 5) is 9.67. The smallest absolute Gasteiger partial charge is 0.160 e. The van der Waals surface area contributed by atoms with Crippen LogP contribution in [0.2, 0.25) is 0 Å². The zero-order valence-electron chi connectivity index (χ0n) is 14.2. The number of benzene rings is 2. The topological polar surface area (TPSA) is 30.7 Å². The number of nitrogens with zero attached hydrogens (tertiary/aromatic N) is 3. The maximum Gasteiger partial charge on any atom is 0.160 e. The van der Waals surface area contributed by atoms with Crippen LogP contribution >= 0.6 is 0 Å². The molecule has 3 nitrogen and oxygen atoms in total. The minimum absolute atomic E-state index is 0.208. The van der Waals surface area contributed by atoms with Crippen LogP contribution < -0.4 is 0 Å². The summed E-state index contributed by atoms with van der Waals surface area (Å²) in [6.45, 7) is 7.04. The molecule has 4 rings (SSSR count). The molecule has 2 aromatic carbocycles. The van der Waals surface area contributed by atoms with Crippen LogP contribution in [0, 0.1) is 19.7 Å². The van der Waals surface area contributed by atoms with E-state index >= 15 is 0 Å². The molecule has 2 aromatic heterocycles. The van der Waals surface area contributed by atoms with Crippen molar-refractivity contribution in [2.75, 3.05) is 0 Å². The first-order chi connectivity index (χ1) is 11.6. The third kappa shape index (κ3) is 2.17. The molecule has 0 aliphatic rings. The van der Waals surface area contributed by atoms with Gasteiger partial charge in [0.1, 0.15) is 11.3 Å². The van der Waals surface area contributed by atoms with Gasteiger partial charge in [0.25, 0.3) is 0 Å². The average Bonchev–Trinajstić information content (AvgIpc) is 2.86. The molecule has 0 unspecified atom stereocenters. The van der Waals surface area contributed by atoms with E-state index in [1.807, 2.05) is 10.6 Å². The maximum absolute atomic E-state index is 14.5. The molecule has 0 atom stereocenters. The molecule has 0 aliphatic carbocycles. The molecule has 0 saturated heterocycles. The van der Waals surface area contributed by atoms with Gasteiger partial charge in [-0.25, -0.2) is 14.4 Å². The molecule has 0 bridgehead atoms. The molecule has 0 fully saturated rings. The molecule has 24 heavy (non-hydrogen) atoms. The van der Waals surface area contributed by atoms with Crippen molar-refractivity contribution in [2.24, 2.45) is 0 Å². The fourth-order valence-electron chi connectivity index (χ4n) is 3.29. The second-order valence-electron chi connectivity index (χ2n) is 6.46. The molecule has 0 aliphatic heterocycles. The van der Waals surface area contributed by atoms with Crippen LogP contribution in [0.4, 0.5) is 4.39 Å². The molecule has 0 spiro atoms. The minimum Gasteiger partial charge on any atom is -0.321 e. The Labute approximate surface area is 140 Å². The Morgan fingerprint density at radius 3 is 2.46 bits per heavy atom. The van der Waals surface area contributed by atoms with E-state index in [9.17, 15) is 4.39 Å². The number of aromatic nitrogens is 3. The fourth-order valence-corrected chi connectivity index (χ4v) is 3.29. The van der Waals surface area contributed by atoms with E-state index in [0.717, 1.165) is 47.0 Å². The van der Waals surface area contributed by atoms with Crippen LogP contribution in [0.5, 0.6) is 0 Å². The van der Waals surface area contributed by atoms with Crippen LogP contribution in [0.1, 0.15) is 30.9 Å². The second-order valence-corrected chi connectivity index (χ2v) is 6.46. The molecular formula is C20H20FN3. The molecule has 2 heterocycles. The van der Waals surface area contributed by atoms with Crippen molar-refractivity contribution in [1.29, 1.82) is 0 Å². The highest BCUT2D eigenvalue weighted by molar-refractivity contribution is 6.06. The summed E-state index contributed by atoms with van der Waals surface area (Å²) in [5.74, 6) is -0.208. The maximum atomic E-state index is 14.5. The lowest BCUT2D eigenvalue weighted by atomic mass is 10.1. The van der Waals surface area contributed by atoms with Gasteiger partial charge in [-0.3, -0.25) is 0 Å². The van der Waals surface area contributed by atoms with Gasteiger partial charge in [-0.15, -0.1) is 0 Å². The number of para-hydroxylation sites is 1. The third-order valence-corrected chi connectivity index (χ3v) is 4.76. The summed E-state index contributed by atoms with van der Waals surface area (Å²) in [5.41, 5.74) is 6.30. The highest BCUT2D eigenvalue weighted by atomic mass is 19.1. The monoisotopic (exact) mass is 321 g/mol. The predicted octanol–water partition coefficient (Wildman–Crippen LogP) is 5.29. The van der Waals surface area contributed by atoms with Crippen molar-refractivity contribution in [2.45, 2.75) is 40.2 Å². The van der Waals surface area contributed by atoms with Gasteiger partial charge in [0.2, 0.25) is 0 Å². The number of hydrogen-bond acceptors (Lipinski definition) is 2. The summed E-state index contributed by atoms with van der Waals surface area (Å²) in [7, 11) is 0. The number of halogens is 1. The first-order valence-electron chi connectivity index (χ1n) is 8.45. The number of unbranched alkanes of at least 4 members (excludes halogenated alkanes) is 1. The quantitative estimate of drug-likeness (QED) is 0.513. The van der Waals surface area contributed by atoms with Crippen molar-refractivity contribution in [3.8, 4) is 0 Å². The van der Waals surface area contributed by atoms with Gasteiger partial charge >= 0.3 is 0 Å². The van der Waals surface area contributed by atoms with Gasteiger partial charge < -0.3 is 4.57 Å². The number of hydrogen-bond donors (Lipinski definition) is 0. The molecular weight excluding hydrogens is 301 g/mol. The van der Waals surface area contributed by atoms with Gasteiger partial charge in [-0.1, -0.05) is 25.5 Å². The Morgan fingerprint density at radius 2 is 1.75 bits per heavy atom. The van der Waals surface area contributed by atoms with Gasteiger partial charge in [0.15, 0.2) is 5.65 Å². The summed E-state index contributed by atoms with van der Waals surface area (Å²) in [6, 6.07) is 9.32. The van der Waals surface area contributed by atoms with E-state index in [2.05, 4.69) is 32.9 Å². The average molecular weight is 321 g/mol. The summed E-state index contributed by atoms with van der Waals surface area (Å²) in [5, 5.41) is 0.841. The van der Waals surface area contributed by atoms with Gasteiger partial charge in [-0.2, -0.15) is 0 Å². The zero-order valence-corrected chi connectivity index (χ0v) is 14.2. The highest BCUT2D eigenvalue weighted by Crippen LogP contribution is 2.30. The van der Waals surface area contributed by atoms with E-state index in [4.69, 9.17) is 9.97 Å². The third-order valence-electron chi connectivity index (χ3n) is 4.76. The SMILES string of the molecule is CCCCn1c2nc3cc(C)c(C)cc3nc2c2cccc(F)c21. The summed E-state index contributed by atoms with van der Waals surface area (Å²) >= 11 is 0. The van der Waals surface area contributed by atoms with Crippen LogP contribution in [-0.4, -0.2) is 14.5 Å². The molecule has 4 aromatic rings. The minimum atomic E-state index is -0.208.